The average Bonchev–Trinajstić information content (AvgIpc) is 2.72. The van der Waals surface area contributed by atoms with Gasteiger partial charge in [0.25, 0.3) is 0 Å². The monoisotopic (exact) mass is 260 g/mol. The molecule has 1 N–H and O–H groups in total. The third kappa shape index (κ3) is 2.50. The van der Waals surface area contributed by atoms with E-state index in [1.165, 1.54) is 0 Å². The fourth-order valence-electron chi connectivity index (χ4n) is 1.87. The van der Waals surface area contributed by atoms with Crippen molar-refractivity contribution in [1.82, 2.24) is 10.5 Å². The molecule has 0 saturated carbocycles. The molecule has 0 radical (unpaired) electrons. The molecule has 100 valence electrons. The smallest absolute Gasteiger partial charge is 0.377 e. The van der Waals surface area contributed by atoms with Crippen molar-refractivity contribution < 1.29 is 22.8 Å². The number of esters is 1. The number of hydrogen-bond acceptors (Lipinski definition) is 5. The molecule has 1 aromatic rings. The van der Waals surface area contributed by atoms with Crippen molar-refractivity contribution in [1.29, 1.82) is 0 Å². The van der Waals surface area contributed by atoms with E-state index in [9.17, 15) is 13.6 Å². The van der Waals surface area contributed by atoms with Crippen LogP contribution in [-0.4, -0.2) is 29.7 Å². The van der Waals surface area contributed by atoms with Gasteiger partial charge >= 0.3 is 11.9 Å². The fraction of sp³-hybridized carbons (Fsp3) is 0.636. The van der Waals surface area contributed by atoms with Gasteiger partial charge in [-0.05, 0) is 13.8 Å². The molecule has 18 heavy (non-hydrogen) atoms. The molecule has 0 aromatic carbocycles. The first kappa shape index (κ1) is 12.9. The number of alkyl halides is 2. The molecule has 1 saturated heterocycles. The van der Waals surface area contributed by atoms with Crippen LogP contribution in [0.25, 0.3) is 0 Å². The zero-order chi connectivity index (χ0) is 13.3. The molecule has 1 aliphatic rings. The number of nitrogens with zero attached hydrogens (tertiary/aromatic N) is 1. The van der Waals surface area contributed by atoms with Gasteiger partial charge in [0.2, 0.25) is 0 Å². The molecule has 0 bridgehead atoms. The second-order valence-electron chi connectivity index (χ2n) is 4.37. The average molecular weight is 260 g/mol. The quantitative estimate of drug-likeness (QED) is 0.827. The van der Waals surface area contributed by atoms with E-state index >= 15 is 0 Å². The van der Waals surface area contributed by atoms with Crippen molar-refractivity contribution >= 4 is 5.97 Å². The number of cyclic esters (lactones) is 1. The Morgan fingerprint density at radius 3 is 2.72 bits per heavy atom. The molecule has 2 heterocycles. The first-order valence-electron chi connectivity index (χ1n) is 5.61. The van der Waals surface area contributed by atoms with Crippen LogP contribution in [0.4, 0.5) is 8.78 Å². The van der Waals surface area contributed by atoms with Crippen LogP contribution >= 0.6 is 0 Å². The van der Waals surface area contributed by atoms with Crippen molar-refractivity contribution in [2.75, 3.05) is 6.54 Å². The highest BCUT2D eigenvalue weighted by Gasteiger charge is 2.50. The Kier molecular flexibility index (Phi) is 3.34. The standard InChI is InChI=1S/C11H14F2N2O3/c1-6-9(7(2)18-15-6)5-14-4-8-3-11(12,13)10(16)17-8/h8,14H,3-5H2,1-2H3. The highest BCUT2D eigenvalue weighted by atomic mass is 19.3. The van der Waals surface area contributed by atoms with Crippen LogP contribution in [0.3, 0.4) is 0 Å². The van der Waals surface area contributed by atoms with Gasteiger partial charge in [-0.2, -0.15) is 8.78 Å². The van der Waals surface area contributed by atoms with Gasteiger partial charge in [0.1, 0.15) is 11.9 Å². The maximum absolute atomic E-state index is 12.9. The molecule has 7 heteroatoms. The van der Waals surface area contributed by atoms with Crippen molar-refractivity contribution in [3.05, 3.63) is 17.0 Å². The van der Waals surface area contributed by atoms with E-state index in [0.29, 0.717) is 12.3 Å². The maximum atomic E-state index is 12.9. The van der Waals surface area contributed by atoms with Gasteiger partial charge in [0, 0.05) is 18.7 Å². The predicted molar refractivity (Wildman–Crippen MR) is 57.1 cm³/mol. The van der Waals surface area contributed by atoms with E-state index in [0.717, 1.165) is 11.3 Å². The van der Waals surface area contributed by atoms with Gasteiger partial charge in [-0.15, -0.1) is 0 Å². The lowest BCUT2D eigenvalue weighted by molar-refractivity contribution is -0.159. The Balaban J connectivity index is 1.82. The van der Waals surface area contributed by atoms with E-state index in [4.69, 9.17) is 4.52 Å². The van der Waals surface area contributed by atoms with Gasteiger partial charge in [-0.25, -0.2) is 4.79 Å². The molecular formula is C11H14F2N2O3. The van der Waals surface area contributed by atoms with Crippen LogP contribution in [0.1, 0.15) is 23.4 Å². The van der Waals surface area contributed by atoms with Crippen molar-refractivity contribution in [2.45, 2.75) is 38.8 Å². The Bertz CT molecular complexity index is 440. The Hall–Kier alpha value is -1.50. The molecule has 0 spiro atoms. The molecule has 1 atom stereocenters. The summed E-state index contributed by atoms with van der Waals surface area (Å²) < 4.78 is 35.3. The molecule has 2 rings (SSSR count). The lowest BCUT2D eigenvalue weighted by Gasteiger charge is -2.09. The van der Waals surface area contributed by atoms with Crippen LogP contribution < -0.4 is 5.32 Å². The molecule has 1 fully saturated rings. The highest BCUT2D eigenvalue weighted by molar-refractivity contribution is 5.79. The summed E-state index contributed by atoms with van der Waals surface area (Å²) in [5, 5.41) is 6.74. The number of hydrogen-bond donors (Lipinski definition) is 1. The molecule has 0 amide bonds. The highest BCUT2D eigenvalue weighted by Crippen LogP contribution is 2.30. The topological polar surface area (TPSA) is 64.4 Å². The molecule has 5 nitrogen and oxygen atoms in total. The summed E-state index contributed by atoms with van der Waals surface area (Å²) in [6.07, 6.45) is -1.35. The first-order valence-corrected chi connectivity index (χ1v) is 5.61. The van der Waals surface area contributed by atoms with Gasteiger partial charge < -0.3 is 14.6 Å². The molecule has 1 aromatic heterocycles. The Labute approximate surface area is 102 Å². The second kappa shape index (κ2) is 4.64. The van der Waals surface area contributed by atoms with Crippen LogP contribution in [0, 0.1) is 13.8 Å². The number of ether oxygens (including phenoxy) is 1. The zero-order valence-corrected chi connectivity index (χ0v) is 10.1. The maximum Gasteiger partial charge on any atom is 0.377 e. The van der Waals surface area contributed by atoms with Crippen LogP contribution in [0.2, 0.25) is 0 Å². The number of carbonyl (C=O) groups excluding carboxylic acids is 1. The zero-order valence-electron chi connectivity index (χ0n) is 10.1. The molecule has 1 unspecified atom stereocenters. The van der Waals surface area contributed by atoms with Crippen LogP contribution in [0.15, 0.2) is 4.52 Å². The van der Waals surface area contributed by atoms with Gasteiger partial charge in [0.15, 0.2) is 0 Å². The summed E-state index contributed by atoms with van der Waals surface area (Å²) in [5.41, 5.74) is 1.65. The summed E-state index contributed by atoms with van der Waals surface area (Å²) in [6, 6.07) is 0. The number of rotatable bonds is 4. The minimum absolute atomic E-state index is 0.186. The van der Waals surface area contributed by atoms with E-state index in [1.54, 1.807) is 13.8 Å². The second-order valence-corrected chi connectivity index (χ2v) is 4.37. The summed E-state index contributed by atoms with van der Waals surface area (Å²) in [6.45, 7) is 4.21. The lowest BCUT2D eigenvalue weighted by atomic mass is 10.2. The summed E-state index contributed by atoms with van der Waals surface area (Å²) in [4.78, 5) is 10.8. The Morgan fingerprint density at radius 2 is 2.22 bits per heavy atom. The minimum Gasteiger partial charge on any atom is -0.456 e. The van der Waals surface area contributed by atoms with Crippen LogP contribution in [-0.2, 0) is 16.1 Å². The summed E-state index contributed by atoms with van der Waals surface area (Å²) >= 11 is 0. The normalized spacial score (nSPS) is 22.2. The molecule has 0 aliphatic carbocycles. The lowest BCUT2D eigenvalue weighted by Crippen LogP contribution is -2.27. The fourth-order valence-corrected chi connectivity index (χ4v) is 1.87. The largest absolute Gasteiger partial charge is 0.456 e. The SMILES string of the molecule is Cc1noc(C)c1CNCC1CC(F)(F)C(=O)O1. The molecular weight excluding hydrogens is 246 g/mol. The van der Waals surface area contributed by atoms with Crippen molar-refractivity contribution in [3.63, 3.8) is 0 Å². The first-order chi connectivity index (χ1) is 8.40. The van der Waals surface area contributed by atoms with Crippen LogP contribution in [0.5, 0.6) is 0 Å². The van der Waals surface area contributed by atoms with Crippen molar-refractivity contribution in [2.24, 2.45) is 0 Å². The summed E-state index contributed by atoms with van der Waals surface area (Å²) in [7, 11) is 0. The predicted octanol–water partition coefficient (Wildman–Crippen LogP) is 1.33. The van der Waals surface area contributed by atoms with E-state index in [-0.39, 0.29) is 6.54 Å². The molecule has 1 aliphatic heterocycles. The number of carbonyl (C=O) groups is 1. The van der Waals surface area contributed by atoms with Gasteiger partial charge in [0.05, 0.1) is 12.1 Å². The third-order valence-electron chi connectivity index (χ3n) is 2.91. The van der Waals surface area contributed by atoms with Gasteiger partial charge in [-0.3, -0.25) is 0 Å². The minimum atomic E-state index is -3.35. The number of halogens is 2. The van der Waals surface area contributed by atoms with E-state index in [1.807, 2.05) is 0 Å². The van der Waals surface area contributed by atoms with Crippen molar-refractivity contribution in [3.8, 4) is 0 Å². The van der Waals surface area contributed by atoms with Gasteiger partial charge in [-0.1, -0.05) is 5.16 Å². The number of nitrogens with one attached hydrogen (secondary N) is 1. The van der Waals surface area contributed by atoms with E-state index in [2.05, 4.69) is 15.2 Å². The Morgan fingerprint density at radius 1 is 1.50 bits per heavy atom. The van der Waals surface area contributed by atoms with E-state index < -0.39 is 24.4 Å². The summed E-state index contributed by atoms with van der Waals surface area (Å²) in [5.74, 6) is -4.10. The number of aromatic nitrogens is 1. The number of aryl methyl sites for hydroxylation is 2. The third-order valence-corrected chi connectivity index (χ3v) is 2.91.